The Morgan fingerprint density at radius 2 is 0.638 bits per heavy atom. The van der Waals surface area contributed by atoms with Gasteiger partial charge in [0.25, 0.3) is 0 Å². The molecule has 0 aromatic heterocycles. The lowest BCUT2D eigenvalue weighted by atomic mass is 10.0. The minimum Gasteiger partial charge on any atom is -0.462 e. The Morgan fingerprint density at radius 3 is 0.931 bits per heavy atom. The molecule has 0 rings (SSSR count). The third-order valence-corrected chi connectivity index (χ3v) is 12.1. The Bertz CT molecular complexity index is 840. The molecule has 5 heteroatoms. The lowest BCUT2D eigenvalue weighted by molar-refractivity contribution is -0.161. The van der Waals surface area contributed by atoms with Crippen LogP contribution in [0.25, 0.3) is 0 Å². The van der Waals surface area contributed by atoms with Crippen LogP contribution < -0.4 is 0 Å². The number of esters is 2. The number of carbonyl (C=O) groups excluding carboxylic acids is 2. The average Bonchev–Trinajstić information content (AvgIpc) is 3.23. The lowest BCUT2D eigenvalue weighted by Crippen LogP contribution is -2.28. The summed E-state index contributed by atoms with van der Waals surface area (Å²) in [7, 11) is 0. The smallest absolute Gasteiger partial charge is 0.306 e. The van der Waals surface area contributed by atoms with E-state index in [1.807, 2.05) is 0 Å². The van der Waals surface area contributed by atoms with E-state index in [9.17, 15) is 14.7 Å². The van der Waals surface area contributed by atoms with Crippen molar-refractivity contribution in [2.45, 2.75) is 302 Å². The molecule has 0 bridgehead atoms. The molecule has 344 valence electrons. The number of aliphatic hydroxyl groups is 1. The van der Waals surface area contributed by atoms with Crippen LogP contribution in [-0.2, 0) is 19.1 Å². The monoisotopic (exact) mass is 819 g/mol. The van der Waals surface area contributed by atoms with Gasteiger partial charge in [-0.25, -0.2) is 0 Å². The summed E-state index contributed by atoms with van der Waals surface area (Å²) in [4.78, 5) is 24.3. The summed E-state index contributed by atoms with van der Waals surface area (Å²) in [5.74, 6) is -0.574. The minimum absolute atomic E-state index is 0.0580. The Kier molecular flexibility index (Phi) is 48.8. The van der Waals surface area contributed by atoms with Crippen LogP contribution in [0.1, 0.15) is 296 Å². The lowest BCUT2D eigenvalue weighted by Gasteiger charge is -2.15. The van der Waals surface area contributed by atoms with Gasteiger partial charge in [-0.15, -0.1) is 0 Å². The van der Waals surface area contributed by atoms with Gasteiger partial charge >= 0.3 is 11.9 Å². The fourth-order valence-corrected chi connectivity index (χ4v) is 8.08. The van der Waals surface area contributed by atoms with Crippen LogP contribution >= 0.6 is 0 Å². The van der Waals surface area contributed by atoms with E-state index in [-0.39, 0.29) is 25.2 Å². The Balaban J connectivity index is 3.36. The molecule has 1 unspecified atom stereocenters. The highest BCUT2D eigenvalue weighted by Gasteiger charge is 2.16. The topological polar surface area (TPSA) is 72.8 Å². The standard InChI is InChI=1S/C53H102O5/c1-3-5-7-9-11-13-15-16-17-18-19-20-21-22-23-24-25-26-27-28-29-30-31-32-33-34-35-36-38-40-42-44-46-48-53(56)58-51(49-54)50-57-52(55)47-45-43-41-39-37-14-12-10-8-6-4-2/h18-19,51,54H,3-17,20-50H2,1-2H3/b19-18-. The summed E-state index contributed by atoms with van der Waals surface area (Å²) >= 11 is 0. The largest absolute Gasteiger partial charge is 0.462 e. The molecule has 0 radical (unpaired) electrons. The molecule has 0 spiro atoms. The zero-order valence-electron chi connectivity index (χ0n) is 39.3. The quantitative estimate of drug-likeness (QED) is 0.0376. The first-order chi connectivity index (χ1) is 28.6. The van der Waals surface area contributed by atoms with E-state index in [0.717, 1.165) is 38.5 Å². The number of hydrogen-bond acceptors (Lipinski definition) is 5. The van der Waals surface area contributed by atoms with Gasteiger partial charge in [0.15, 0.2) is 6.10 Å². The molecular weight excluding hydrogens is 717 g/mol. The Morgan fingerprint density at radius 1 is 0.379 bits per heavy atom. The van der Waals surface area contributed by atoms with Crippen molar-refractivity contribution < 1.29 is 24.2 Å². The second-order valence-corrected chi connectivity index (χ2v) is 18.0. The van der Waals surface area contributed by atoms with E-state index in [4.69, 9.17) is 9.47 Å². The number of allylic oxidation sites excluding steroid dienone is 2. The van der Waals surface area contributed by atoms with Crippen molar-refractivity contribution in [1.29, 1.82) is 0 Å². The molecule has 0 saturated heterocycles. The molecule has 0 saturated carbocycles. The molecule has 0 aromatic rings. The highest BCUT2D eigenvalue weighted by Crippen LogP contribution is 2.17. The van der Waals surface area contributed by atoms with Crippen LogP contribution in [0.3, 0.4) is 0 Å². The van der Waals surface area contributed by atoms with E-state index >= 15 is 0 Å². The van der Waals surface area contributed by atoms with Gasteiger partial charge in [-0.1, -0.05) is 257 Å². The van der Waals surface area contributed by atoms with Gasteiger partial charge in [0.1, 0.15) is 6.61 Å². The van der Waals surface area contributed by atoms with Crippen molar-refractivity contribution in [2.75, 3.05) is 13.2 Å². The maximum atomic E-state index is 12.2. The van der Waals surface area contributed by atoms with Gasteiger partial charge in [0.2, 0.25) is 0 Å². The molecule has 0 aliphatic heterocycles. The van der Waals surface area contributed by atoms with Crippen LogP contribution in [0.2, 0.25) is 0 Å². The second kappa shape index (κ2) is 50.0. The molecule has 1 N–H and O–H groups in total. The van der Waals surface area contributed by atoms with Crippen LogP contribution in [0, 0.1) is 0 Å². The number of unbranched alkanes of at least 4 members (excludes halogenated alkanes) is 39. The third-order valence-electron chi connectivity index (χ3n) is 12.1. The summed E-state index contributed by atoms with van der Waals surface area (Å²) in [5, 5.41) is 9.59. The van der Waals surface area contributed by atoms with E-state index in [1.54, 1.807) is 0 Å². The fraction of sp³-hybridized carbons (Fsp3) is 0.925. The van der Waals surface area contributed by atoms with E-state index in [1.165, 1.54) is 231 Å². The normalized spacial score (nSPS) is 12.1. The van der Waals surface area contributed by atoms with Crippen molar-refractivity contribution >= 4 is 11.9 Å². The number of rotatable bonds is 49. The van der Waals surface area contributed by atoms with Crippen molar-refractivity contribution in [3.05, 3.63) is 12.2 Å². The van der Waals surface area contributed by atoms with Gasteiger partial charge in [-0.2, -0.15) is 0 Å². The second-order valence-electron chi connectivity index (χ2n) is 18.0. The van der Waals surface area contributed by atoms with Crippen molar-refractivity contribution in [2.24, 2.45) is 0 Å². The highest BCUT2D eigenvalue weighted by molar-refractivity contribution is 5.70. The number of hydrogen-bond donors (Lipinski definition) is 1. The predicted octanol–water partition coefficient (Wildman–Crippen LogP) is 17.2. The van der Waals surface area contributed by atoms with Crippen molar-refractivity contribution in [3.63, 3.8) is 0 Å². The van der Waals surface area contributed by atoms with Crippen molar-refractivity contribution in [3.8, 4) is 0 Å². The van der Waals surface area contributed by atoms with Crippen LogP contribution in [0.5, 0.6) is 0 Å². The molecule has 0 aliphatic rings. The zero-order chi connectivity index (χ0) is 42.1. The zero-order valence-corrected chi connectivity index (χ0v) is 39.3. The Hall–Kier alpha value is -1.36. The molecule has 0 amide bonds. The predicted molar refractivity (Wildman–Crippen MR) is 252 cm³/mol. The SMILES string of the molecule is CCCCCCCCCC/C=C\CCCCCCCCCCCCCCCCCCCCCCCC(=O)OC(CO)COC(=O)CCCCCCCCCCCCC. The Labute approximate surface area is 362 Å². The highest BCUT2D eigenvalue weighted by atomic mass is 16.6. The first-order valence-electron chi connectivity index (χ1n) is 26.2. The molecule has 58 heavy (non-hydrogen) atoms. The van der Waals surface area contributed by atoms with Gasteiger partial charge < -0.3 is 14.6 Å². The molecule has 0 fully saturated rings. The van der Waals surface area contributed by atoms with Crippen LogP contribution in [0.4, 0.5) is 0 Å². The van der Waals surface area contributed by atoms with E-state index in [2.05, 4.69) is 26.0 Å². The van der Waals surface area contributed by atoms with E-state index < -0.39 is 6.10 Å². The van der Waals surface area contributed by atoms with Crippen LogP contribution in [0.15, 0.2) is 12.2 Å². The maximum Gasteiger partial charge on any atom is 0.306 e. The summed E-state index contributed by atoms with van der Waals surface area (Å²) in [6, 6.07) is 0. The summed E-state index contributed by atoms with van der Waals surface area (Å²) in [6.07, 6.45) is 60.5. The first-order valence-corrected chi connectivity index (χ1v) is 26.2. The number of ether oxygens (including phenoxy) is 2. The number of carbonyl (C=O) groups is 2. The molecular formula is C53H102O5. The summed E-state index contributed by atoms with van der Waals surface area (Å²) in [6.45, 7) is 4.17. The molecule has 0 aliphatic carbocycles. The third kappa shape index (κ3) is 47.3. The van der Waals surface area contributed by atoms with Gasteiger partial charge in [-0.3, -0.25) is 9.59 Å². The van der Waals surface area contributed by atoms with E-state index in [0.29, 0.717) is 12.8 Å². The summed E-state index contributed by atoms with van der Waals surface area (Å²) < 4.78 is 10.6. The molecule has 0 heterocycles. The maximum absolute atomic E-state index is 12.2. The van der Waals surface area contributed by atoms with Crippen LogP contribution in [-0.4, -0.2) is 36.4 Å². The fourth-order valence-electron chi connectivity index (χ4n) is 8.08. The van der Waals surface area contributed by atoms with Gasteiger partial charge in [-0.05, 0) is 38.5 Å². The number of aliphatic hydroxyl groups excluding tert-OH is 1. The first kappa shape index (κ1) is 56.6. The molecule has 5 nitrogen and oxygen atoms in total. The van der Waals surface area contributed by atoms with Crippen molar-refractivity contribution in [1.82, 2.24) is 0 Å². The molecule has 1 atom stereocenters. The average molecular weight is 819 g/mol. The minimum atomic E-state index is -0.763. The van der Waals surface area contributed by atoms with Gasteiger partial charge in [0.05, 0.1) is 6.61 Å². The molecule has 0 aromatic carbocycles. The van der Waals surface area contributed by atoms with Gasteiger partial charge in [0, 0.05) is 12.8 Å². The summed E-state index contributed by atoms with van der Waals surface area (Å²) in [5.41, 5.74) is 0.